The monoisotopic (exact) mass is 311 g/mol. The molecule has 114 valence electrons. The molecule has 0 aromatic heterocycles. The van der Waals surface area contributed by atoms with Crippen molar-refractivity contribution in [3.63, 3.8) is 0 Å². The summed E-state index contributed by atoms with van der Waals surface area (Å²) in [4.78, 5) is 0. The van der Waals surface area contributed by atoms with Crippen LogP contribution in [0.1, 0.15) is 44.9 Å². The molecule has 0 spiro atoms. The number of nitrogens with zero attached hydrogens (tertiary/aromatic N) is 1. The van der Waals surface area contributed by atoms with Gasteiger partial charge in [0.05, 0.1) is 0 Å². The van der Waals surface area contributed by atoms with Crippen LogP contribution in [0.4, 0.5) is 0 Å². The predicted molar refractivity (Wildman–Crippen MR) is 79.5 cm³/mol. The molecule has 3 N–H and O–H groups in total. The molecule has 5 nitrogen and oxygen atoms in total. The van der Waals surface area contributed by atoms with Gasteiger partial charge in [-0.05, 0) is 31.6 Å². The van der Waals surface area contributed by atoms with Crippen molar-refractivity contribution in [1.82, 2.24) is 9.03 Å². The Balaban J connectivity index is 0.00000180. The van der Waals surface area contributed by atoms with Crippen LogP contribution < -0.4 is 10.5 Å². The lowest BCUT2D eigenvalue weighted by Crippen LogP contribution is -2.48. The fourth-order valence-corrected chi connectivity index (χ4v) is 3.85. The van der Waals surface area contributed by atoms with Crippen molar-refractivity contribution in [2.24, 2.45) is 11.7 Å². The lowest BCUT2D eigenvalue weighted by Gasteiger charge is -2.30. The van der Waals surface area contributed by atoms with Crippen LogP contribution in [0.25, 0.3) is 0 Å². The van der Waals surface area contributed by atoms with Crippen LogP contribution in [0.15, 0.2) is 0 Å². The number of halogens is 1. The van der Waals surface area contributed by atoms with Crippen LogP contribution in [-0.2, 0) is 10.2 Å². The second-order valence-corrected chi connectivity index (χ2v) is 7.48. The summed E-state index contributed by atoms with van der Waals surface area (Å²) in [5.74, 6) is 0.521. The molecular weight excluding hydrogens is 286 g/mol. The highest BCUT2D eigenvalue weighted by Gasteiger charge is 2.31. The van der Waals surface area contributed by atoms with Crippen molar-refractivity contribution in [2.45, 2.75) is 57.0 Å². The van der Waals surface area contributed by atoms with Gasteiger partial charge >= 0.3 is 0 Å². The molecule has 1 atom stereocenters. The molecule has 2 aliphatic rings. The van der Waals surface area contributed by atoms with E-state index in [1.54, 1.807) is 7.05 Å². The van der Waals surface area contributed by atoms with E-state index in [1.807, 2.05) is 0 Å². The van der Waals surface area contributed by atoms with Gasteiger partial charge in [0.1, 0.15) is 0 Å². The highest BCUT2D eigenvalue weighted by molar-refractivity contribution is 7.87. The highest BCUT2D eigenvalue weighted by atomic mass is 35.5. The number of rotatable bonds is 6. The summed E-state index contributed by atoms with van der Waals surface area (Å²) < 4.78 is 28.4. The largest absolute Gasteiger partial charge is 0.326 e. The van der Waals surface area contributed by atoms with Gasteiger partial charge in [-0.15, -0.1) is 12.4 Å². The van der Waals surface area contributed by atoms with E-state index in [2.05, 4.69) is 4.72 Å². The van der Waals surface area contributed by atoms with Crippen LogP contribution in [0.2, 0.25) is 0 Å². The third kappa shape index (κ3) is 4.86. The summed E-state index contributed by atoms with van der Waals surface area (Å²) >= 11 is 0. The maximum Gasteiger partial charge on any atom is 0.279 e. The Morgan fingerprint density at radius 3 is 2.32 bits per heavy atom. The molecule has 2 rings (SSSR count). The quantitative estimate of drug-likeness (QED) is 0.775. The summed E-state index contributed by atoms with van der Waals surface area (Å²) in [5.41, 5.74) is 5.92. The van der Waals surface area contributed by atoms with Crippen molar-refractivity contribution in [1.29, 1.82) is 0 Å². The average molecular weight is 312 g/mol. The molecule has 19 heavy (non-hydrogen) atoms. The average Bonchev–Trinajstić information content (AvgIpc) is 3.20. The van der Waals surface area contributed by atoms with Gasteiger partial charge in [-0.2, -0.15) is 12.7 Å². The van der Waals surface area contributed by atoms with Gasteiger partial charge in [0.25, 0.3) is 10.2 Å². The first-order valence-electron chi connectivity index (χ1n) is 6.99. The zero-order valence-corrected chi connectivity index (χ0v) is 13.2. The Kier molecular flexibility index (Phi) is 6.53. The first-order valence-corrected chi connectivity index (χ1v) is 8.43. The third-order valence-electron chi connectivity index (χ3n) is 4.20. The number of nitrogens with two attached hydrogens (primary N) is 1. The maximum absolute atomic E-state index is 12.1. The summed E-state index contributed by atoms with van der Waals surface area (Å²) in [6.07, 6.45) is 7.73. The predicted octanol–water partition coefficient (Wildman–Crippen LogP) is 1.24. The van der Waals surface area contributed by atoms with E-state index < -0.39 is 10.2 Å². The van der Waals surface area contributed by atoms with Gasteiger partial charge in [-0.3, -0.25) is 0 Å². The molecule has 0 bridgehead atoms. The summed E-state index contributed by atoms with van der Waals surface area (Å²) in [6, 6.07) is 0.132. The minimum Gasteiger partial charge on any atom is -0.326 e. The highest BCUT2D eigenvalue weighted by Crippen LogP contribution is 2.31. The fraction of sp³-hybridized carbons (Fsp3) is 1.00. The summed E-state index contributed by atoms with van der Waals surface area (Å²) in [5, 5.41) is 0. The van der Waals surface area contributed by atoms with Crippen molar-refractivity contribution < 1.29 is 8.42 Å². The molecule has 0 aromatic rings. The molecular formula is C12H26ClN3O2S. The van der Waals surface area contributed by atoms with E-state index in [0.29, 0.717) is 12.5 Å². The molecule has 2 aliphatic carbocycles. The number of hydrogen-bond acceptors (Lipinski definition) is 3. The first-order chi connectivity index (χ1) is 8.50. The van der Waals surface area contributed by atoms with Gasteiger partial charge in [0.2, 0.25) is 0 Å². The maximum atomic E-state index is 12.1. The van der Waals surface area contributed by atoms with E-state index in [0.717, 1.165) is 38.5 Å². The zero-order chi connectivity index (χ0) is 13.2. The standard InChI is InChI=1S/C12H25N3O2S.ClH/c1-15(11-5-3-2-4-6-11)18(16,17)14-9-12(13)10-7-8-10;/h10-12,14H,2-9,13H2,1H3;1H. The minimum atomic E-state index is -3.36. The summed E-state index contributed by atoms with van der Waals surface area (Å²) in [7, 11) is -1.68. The fourth-order valence-electron chi connectivity index (χ4n) is 2.64. The third-order valence-corrected chi connectivity index (χ3v) is 5.78. The molecule has 0 aliphatic heterocycles. The zero-order valence-electron chi connectivity index (χ0n) is 11.5. The molecule has 0 saturated heterocycles. The van der Waals surface area contributed by atoms with Crippen molar-refractivity contribution in [2.75, 3.05) is 13.6 Å². The first kappa shape index (κ1) is 17.2. The Morgan fingerprint density at radius 2 is 1.79 bits per heavy atom. The Bertz CT molecular complexity index is 367. The topological polar surface area (TPSA) is 75.4 Å². The van der Waals surface area contributed by atoms with E-state index in [4.69, 9.17) is 5.73 Å². The normalized spacial score (nSPS) is 23.1. The van der Waals surface area contributed by atoms with E-state index in [-0.39, 0.29) is 24.5 Å². The Morgan fingerprint density at radius 1 is 1.21 bits per heavy atom. The molecule has 2 fully saturated rings. The Labute approximate surface area is 122 Å². The molecule has 1 unspecified atom stereocenters. The molecule has 0 aromatic carbocycles. The SMILES string of the molecule is CN(C1CCCCC1)S(=O)(=O)NCC(N)C1CC1.Cl. The van der Waals surface area contributed by atoms with Crippen LogP contribution >= 0.6 is 12.4 Å². The lowest BCUT2D eigenvalue weighted by molar-refractivity contribution is 0.282. The smallest absolute Gasteiger partial charge is 0.279 e. The van der Waals surface area contributed by atoms with Gasteiger partial charge in [-0.25, -0.2) is 4.72 Å². The van der Waals surface area contributed by atoms with E-state index in [9.17, 15) is 8.42 Å². The lowest BCUT2D eigenvalue weighted by atomic mass is 9.96. The van der Waals surface area contributed by atoms with Crippen molar-refractivity contribution in [3.8, 4) is 0 Å². The molecule has 7 heteroatoms. The second kappa shape index (κ2) is 7.22. The van der Waals surface area contributed by atoms with Crippen molar-refractivity contribution >= 4 is 22.6 Å². The minimum absolute atomic E-state index is 0. The van der Waals surface area contributed by atoms with Crippen molar-refractivity contribution in [3.05, 3.63) is 0 Å². The van der Waals surface area contributed by atoms with Gasteiger partial charge < -0.3 is 5.73 Å². The molecule has 0 amide bonds. The second-order valence-electron chi connectivity index (χ2n) is 5.66. The van der Waals surface area contributed by atoms with Gasteiger partial charge in [0, 0.05) is 25.7 Å². The van der Waals surface area contributed by atoms with Crippen LogP contribution in [0, 0.1) is 5.92 Å². The molecule has 0 radical (unpaired) electrons. The molecule has 2 saturated carbocycles. The number of hydrogen-bond donors (Lipinski definition) is 2. The van der Waals surface area contributed by atoms with Crippen LogP contribution in [0.5, 0.6) is 0 Å². The van der Waals surface area contributed by atoms with E-state index in [1.165, 1.54) is 10.7 Å². The molecule has 0 heterocycles. The Hall–Kier alpha value is 0.120. The summed E-state index contributed by atoms with van der Waals surface area (Å²) in [6.45, 7) is 0.365. The van der Waals surface area contributed by atoms with Gasteiger partial charge in [-0.1, -0.05) is 19.3 Å². The van der Waals surface area contributed by atoms with Gasteiger partial charge in [0.15, 0.2) is 0 Å². The number of nitrogens with one attached hydrogen (secondary N) is 1. The van der Waals surface area contributed by atoms with Crippen LogP contribution in [0.3, 0.4) is 0 Å². The van der Waals surface area contributed by atoms with Crippen LogP contribution in [-0.4, -0.2) is 38.4 Å². The van der Waals surface area contributed by atoms with E-state index >= 15 is 0 Å².